The van der Waals surface area contributed by atoms with Gasteiger partial charge in [-0.05, 0) is 12.8 Å². The molecule has 1 unspecified atom stereocenters. The molecule has 1 amide bonds. The minimum absolute atomic E-state index is 0.0153. The van der Waals surface area contributed by atoms with Crippen LogP contribution in [0.2, 0.25) is 0 Å². The van der Waals surface area contributed by atoms with Crippen molar-refractivity contribution >= 4 is 13.7 Å². The summed E-state index contributed by atoms with van der Waals surface area (Å²) >= 11 is 0. The van der Waals surface area contributed by atoms with Crippen LogP contribution in [0.5, 0.6) is 0 Å². The number of nitrogens with zero attached hydrogens (tertiary/aromatic N) is 1. The fraction of sp³-hybridized carbons (Fsp3) is 0.971. The van der Waals surface area contributed by atoms with E-state index in [1.807, 2.05) is 21.1 Å². The lowest BCUT2D eigenvalue weighted by atomic mass is 10.0. The van der Waals surface area contributed by atoms with Gasteiger partial charge in [-0.25, -0.2) is 0 Å². The maximum Gasteiger partial charge on any atom is 0.268 e. The van der Waals surface area contributed by atoms with Crippen LogP contribution in [-0.2, 0) is 18.4 Å². The van der Waals surface area contributed by atoms with Gasteiger partial charge >= 0.3 is 0 Å². The van der Waals surface area contributed by atoms with Crippen LogP contribution in [0.25, 0.3) is 0 Å². The highest BCUT2D eigenvalue weighted by Crippen LogP contribution is 2.38. The normalized spacial score (nSPS) is 14.8. The number of hydrogen-bond acceptors (Lipinski definition) is 6. The molecule has 0 bridgehead atoms. The van der Waals surface area contributed by atoms with Gasteiger partial charge in [0.1, 0.15) is 13.2 Å². The van der Waals surface area contributed by atoms with Crippen LogP contribution >= 0.6 is 7.82 Å². The molecule has 0 rings (SSSR count). The molecule has 44 heavy (non-hydrogen) atoms. The number of carbonyl (C=O) groups is 1. The first-order valence-corrected chi connectivity index (χ1v) is 19.8. The first kappa shape index (κ1) is 43.5. The van der Waals surface area contributed by atoms with Crippen molar-refractivity contribution in [1.29, 1.82) is 0 Å². The number of amides is 1. The molecule has 264 valence electrons. The number of phosphoric ester groups is 1. The van der Waals surface area contributed by atoms with Crippen LogP contribution in [-0.4, -0.2) is 68.5 Å². The van der Waals surface area contributed by atoms with E-state index in [1.54, 1.807) is 0 Å². The van der Waals surface area contributed by atoms with Gasteiger partial charge in [0.25, 0.3) is 7.82 Å². The quantitative estimate of drug-likeness (QED) is 0.0420. The van der Waals surface area contributed by atoms with Crippen molar-refractivity contribution in [3.8, 4) is 0 Å². The Bertz CT molecular complexity index is 703. The average molecular weight is 649 g/mol. The van der Waals surface area contributed by atoms with E-state index in [0.29, 0.717) is 23.9 Å². The van der Waals surface area contributed by atoms with Crippen molar-refractivity contribution < 1.29 is 32.9 Å². The zero-order valence-electron chi connectivity index (χ0n) is 29.6. The van der Waals surface area contributed by atoms with Gasteiger partial charge in [0.15, 0.2) is 0 Å². The molecule has 0 heterocycles. The topological polar surface area (TPSA) is 108 Å². The first-order chi connectivity index (χ1) is 21.0. The minimum atomic E-state index is -4.54. The summed E-state index contributed by atoms with van der Waals surface area (Å²) < 4.78 is 23.1. The van der Waals surface area contributed by atoms with Gasteiger partial charge in [-0.2, -0.15) is 0 Å². The van der Waals surface area contributed by atoms with Gasteiger partial charge < -0.3 is 28.8 Å². The van der Waals surface area contributed by atoms with E-state index >= 15 is 0 Å². The van der Waals surface area contributed by atoms with E-state index < -0.39 is 20.0 Å². The molecule has 0 aliphatic rings. The fourth-order valence-corrected chi connectivity index (χ4v) is 6.05. The number of quaternary nitrogens is 1. The fourth-order valence-electron chi connectivity index (χ4n) is 5.33. The van der Waals surface area contributed by atoms with Crippen molar-refractivity contribution in [3.63, 3.8) is 0 Å². The summed E-state index contributed by atoms with van der Waals surface area (Å²) in [6.45, 7) is 4.68. The summed E-state index contributed by atoms with van der Waals surface area (Å²) in [7, 11) is 1.31. The number of nitrogens with one attached hydrogen (secondary N) is 1. The second-order valence-electron chi connectivity index (χ2n) is 13.9. The molecule has 0 spiro atoms. The molecule has 0 aromatic carbocycles. The van der Waals surface area contributed by atoms with Crippen LogP contribution in [0.4, 0.5) is 0 Å². The molecule has 3 atom stereocenters. The van der Waals surface area contributed by atoms with E-state index in [9.17, 15) is 19.4 Å². The summed E-state index contributed by atoms with van der Waals surface area (Å²) in [6, 6.07) is -0.789. The van der Waals surface area contributed by atoms with Gasteiger partial charge in [0.2, 0.25) is 5.91 Å². The van der Waals surface area contributed by atoms with E-state index in [4.69, 9.17) is 9.05 Å². The molecule has 0 saturated carbocycles. The van der Waals surface area contributed by atoms with Crippen molar-refractivity contribution in [2.45, 2.75) is 180 Å². The van der Waals surface area contributed by atoms with Crippen molar-refractivity contribution in [3.05, 3.63) is 0 Å². The number of aliphatic hydroxyl groups is 1. The summed E-state index contributed by atoms with van der Waals surface area (Å²) in [4.78, 5) is 25.1. The number of carbonyl (C=O) groups excluding carboxylic acids is 1. The third kappa shape index (κ3) is 30.2. The van der Waals surface area contributed by atoms with Crippen LogP contribution in [0.3, 0.4) is 0 Å². The van der Waals surface area contributed by atoms with Gasteiger partial charge in [-0.15, -0.1) is 0 Å². The second-order valence-corrected chi connectivity index (χ2v) is 15.4. The molecule has 2 N–H and O–H groups in total. The molecule has 0 aliphatic heterocycles. The average Bonchev–Trinajstić information content (AvgIpc) is 2.95. The lowest BCUT2D eigenvalue weighted by molar-refractivity contribution is -0.870. The van der Waals surface area contributed by atoms with Gasteiger partial charge in [0, 0.05) is 6.42 Å². The highest BCUT2D eigenvalue weighted by Gasteiger charge is 2.24. The maximum absolute atomic E-state index is 12.7. The molecule has 0 radical (unpaired) electrons. The highest BCUT2D eigenvalue weighted by molar-refractivity contribution is 7.45. The Morgan fingerprint density at radius 3 is 1.55 bits per heavy atom. The van der Waals surface area contributed by atoms with Crippen LogP contribution in [0.1, 0.15) is 168 Å². The summed E-state index contributed by atoms with van der Waals surface area (Å²) in [5, 5.41) is 13.8. The lowest BCUT2D eigenvalue weighted by Crippen LogP contribution is -2.46. The predicted molar refractivity (Wildman–Crippen MR) is 183 cm³/mol. The zero-order chi connectivity index (χ0) is 32.9. The maximum atomic E-state index is 12.7. The molecule has 0 aliphatic carbocycles. The largest absolute Gasteiger partial charge is 0.756 e. The Hall–Kier alpha value is -0.500. The Morgan fingerprint density at radius 1 is 0.705 bits per heavy atom. The lowest BCUT2D eigenvalue weighted by Gasteiger charge is -2.30. The number of likely N-dealkylation sites (N-methyl/N-ethyl adjacent to an activating group) is 1. The van der Waals surface area contributed by atoms with Gasteiger partial charge in [-0.1, -0.05) is 149 Å². The Kier molecular flexibility index (Phi) is 28.4. The number of rotatable bonds is 33. The number of phosphoric acid groups is 1. The highest BCUT2D eigenvalue weighted by atomic mass is 31.2. The molecule has 0 fully saturated rings. The Labute approximate surface area is 272 Å². The number of hydrogen-bond donors (Lipinski definition) is 2. The predicted octanol–water partition coefficient (Wildman–Crippen LogP) is 8.44. The Balaban J connectivity index is 4.49. The second kappa shape index (κ2) is 28.7. The summed E-state index contributed by atoms with van der Waals surface area (Å²) in [5.41, 5.74) is 0. The van der Waals surface area contributed by atoms with E-state index in [2.05, 4.69) is 19.2 Å². The molecule has 0 saturated heterocycles. The van der Waals surface area contributed by atoms with E-state index in [1.165, 1.54) is 103 Å². The standard InChI is InChI=1S/C35H73N2O6P/c1-6-8-10-12-14-16-18-20-22-24-26-28-34(38)33(32-43-44(40,41)42-31-30-37(3,4)5)36-35(39)29-27-25-23-21-19-17-15-13-11-9-7-2/h33-34,38H,6-32H2,1-5H3,(H-,36,39,40,41)/t33-,34+/m0/s1. The Morgan fingerprint density at radius 2 is 1.11 bits per heavy atom. The summed E-state index contributed by atoms with van der Waals surface area (Å²) in [6.07, 6.45) is 26.7. The van der Waals surface area contributed by atoms with Crippen LogP contribution < -0.4 is 10.2 Å². The van der Waals surface area contributed by atoms with Crippen LogP contribution in [0.15, 0.2) is 0 Å². The number of unbranched alkanes of at least 4 members (excludes halogenated alkanes) is 20. The van der Waals surface area contributed by atoms with Crippen molar-refractivity contribution in [1.82, 2.24) is 5.32 Å². The zero-order valence-corrected chi connectivity index (χ0v) is 30.5. The van der Waals surface area contributed by atoms with Gasteiger partial charge in [0.05, 0.1) is 39.9 Å². The van der Waals surface area contributed by atoms with Crippen LogP contribution in [0, 0.1) is 0 Å². The van der Waals surface area contributed by atoms with E-state index in [-0.39, 0.29) is 19.1 Å². The molecule has 8 nitrogen and oxygen atoms in total. The summed E-state index contributed by atoms with van der Waals surface area (Å²) in [5.74, 6) is -0.167. The molecule has 0 aromatic heterocycles. The van der Waals surface area contributed by atoms with E-state index in [0.717, 1.165) is 38.5 Å². The van der Waals surface area contributed by atoms with Crippen molar-refractivity contribution in [2.75, 3.05) is 40.9 Å². The molecule has 0 aromatic rings. The third-order valence-corrected chi connectivity index (χ3v) is 9.31. The third-order valence-electron chi connectivity index (χ3n) is 8.35. The smallest absolute Gasteiger partial charge is 0.268 e. The molecule has 9 heteroatoms. The SMILES string of the molecule is CCCCCCCCCCCCCC(=O)N[C@@H](COP(=O)([O-])OCC[N+](C)(C)C)[C@H](O)CCCCCCCCCCCCC. The number of aliphatic hydroxyl groups excluding tert-OH is 1. The first-order valence-electron chi connectivity index (χ1n) is 18.4. The minimum Gasteiger partial charge on any atom is -0.756 e. The molecular weight excluding hydrogens is 575 g/mol. The van der Waals surface area contributed by atoms with Gasteiger partial charge in [-0.3, -0.25) is 9.36 Å². The van der Waals surface area contributed by atoms with Crippen molar-refractivity contribution in [2.24, 2.45) is 0 Å². The molecular formula is C35H73N2O6P. The monoisotopic (exact) mass is 649 g/mol.